The van der Waals surface area contributed by atoms with Gasteiger partial charge in [-0.1, -0.05) is 66.2 Å². The van der Waals surface area contributed by atoms with Crippen LogP contribution in [0.3, 0.4) is 0 Å². The first-order valence-electron chi connectivity index (χ1n) is 11.0. The molecule has 3 aromatic rings. The lowest BCUT2D eigenvalue weighted by Gasteiger charge is -2.26. The Balaban J connectivity index is 1.66. The van der Waals surface area contributed by atoms with Gasteiger partial charge in [-0.05, 0) is 42.7 Å². The third-order valence-corrected chi connectivity index (χ3v) is 7.78. The highest BCUT2D eigenvalue weighted by Crippen LogP contribution is 2.25. The number of nitrogens with zero attached hydrogens (tertiary/aromatic N) is 1. The molecule has 3 aromatic carbocycles. The number of hydrogen-bond donors (Lipinski definition) is 1. The molecule has 33 heavy (non-hydrogen) atoms. The van der Waals surface area contributed by atoms with E-state index in [1.165, 1.54) is 10.4 Å². The zero-order valence-electron chi connectivity index (χ0n) is 18.8. The van der Waals surface area contributed by atoms with Gasteiger partial charge in [-0.15, -0.1) is 0 Å². The van der Waals surface area contributed by atoms with Gasteiger partial charge in [0.25, 0.3) is 5.91 Å². The van der Waals surface area contributed by atoms with Gasteiger partial charge < -0.3 is 10.1 Å². The maximum absolute atomic E-state index is 13.4. The highest BCUT2D eigenvalue weighted by molar-refractivity contribution is 7.89. The maximum atomic E-state index is 13.4. The zero-order chi connectivity index (χ0) is 23.4. The number of morpholine rings is 1. The minimum Gasteiger partial charge on any atom is -0.379 e. The predicted molar refractivity (Wildman–Crippen MR) is 128 cm³/mol. The number of benzene rings is 3. The summed E-state index contributed by atoms with van der Waals surface area (Å²) in [6.45, 7) is 5.18. The Bertz CT molecular complexity index is 1220. The highest BCUT2D eigenvalue weighted by Gasteiger charge is 2.28. The fourth-order valence-electron chi connectivity index (χ4n) is 3.91. The van der Waals surface area contributed by atoms with E-state index < -0.39 is 10.0 Å². The number of sulfonamides is 1. The number of carbonyl (C=O) groups is 1. The van der Waals surface area contributed by atoms with Crippen LogP contribution in [0.25, 0.3) is 0 Å². The molecule has 0 spiro atoms. The normalized spacial score (nSPS) is 15.7. The summed E-state index contributed by atoms with van der Waals surface area (Å²) < 4.78 is 32.9. The Morgan fingerprint density at radius 1 is 0.909 bits per heavy atom. The molecule has 1 saturated heterocycles. The molecule has 6 nitrogen and oxygen atoms in total. The molecule has 1 aliphatic rings. The molecular formula is C26H28N2O4S. The molecule has 0 unspecified atom stereocenters. The van der Waals surface area contributed by atoms with Crippen LogP contribution in [-0.4, -0.2) is 44.9 Å². The van der Waals surface area contributed by atoms with Crippen molar-refractivity contribution in [3.63, 3.8) is 0 Å². The summed E-state index contributed by atoms with van der Waals surface area (Å²) in [6.07, 6.45) is 0. The second kappa shape index (κ2) is 9.87. The Hall–Kier alpha value is -3.00. The van der Waals surface area contributed by atoms with E-state index in [0.29, 0.717) is 37.4 Å². The molecule has 1 N–H and O–H groups in total. The minimum absolute atomic E-state index is 0.117. The first kappa shape index (κ1) is 23.2. The van der Waals surface area contributed by atoms with Crippen LogP contribution in [0.4, 0.5) is 0 Å². The predicted octanol–water partition coefficient (Wildman–Crippen LogP) is 3.84. The molecule has 0 aromatic heterocycles. The van der Waals surface area contributed by atoms with Gasteiger partial charge in [0.1, 0.15) is 0 Å². The minimum atomic E-state index is -3.70. The molecule has 0 radical (unpaired) electrons. The smallest absolute Gasteiger partial charge is 0.252 e. The Kier molecular flexibility index (Phi) is 6.93. The van der Waals surface area contributed by atoms with E-state index in [1.54, 1.807) is 12.1 Å². The third kappa shape index (κ3) is 5.16. The van der Waals surface area contributed by atoms with Crippen molar-refractivity contribution in [1.82, 2.24) is 9.62 Å². The molecule has 0 aliphatic carbocycles. The number of amides is 1. The standard InChI is InChI=1S/C26H28N2O4S/c1-19-8-11-22(12-9-19)25(21-6-4-3-5-7-21)27-26(29)24-18-23(13-10-20(24)2)33(30,31)28-14-16-32-17-15-28/h3-13,18,25H,14-17H2,1-2H3,(H,27,29)/t25-/m1/s1. The molecule has 1 fully saturated rings. The quantitative estimate of drug-likeness (QED) is 0.601. The number of aryl methyl sites for hydroxylation is 2. The van der Waals surface area contributed by atoms with Gasteiger partial charge in [0, 0.05) is 18.7 Å². The van der Waals surface area contributed by atoms with E-state index in [1.807, 2.05) is 68.4 Å². The van der Waals surface area contributed by atoms with Gasteiger partial charge in [0.15, 0.2) is 0 Å². The lowest BCUT2D eigenvalue weighted by atomic mass is 9.97. The topological polar surface area (TPSA) is 75.7 Å². The lowest BCUT2D eigenvalue weighted by molar-refractivity contribution is 0.0730. The number of rotatable bonds is 6. The zero-order valence-corrected chi connectivity index (χ0v) is 19.6. The summed E-state index contributed by atoms with van der Waals surface area (Å²) in [5, 5.41) is 3.12. The van der Waals surface area contributed by atoms with Crippen LogP contribution in [0.5, 0.6) is 0 Å². The molecule has 7 heteroatoms. The summed E-state index contributed by atoms with van der Waals surface area (Å²) in [6, 6.07) is 22.1. The Morgan fingerprint density at radius 3 is 2.21 bits per heavy atom. The summed E-state index contributed by atoms with van der Waals surface area (Å²) in [7, 11) is -3.70. The van der Waals surface area contributed by atoms with Crippen LogP contribution in [0.1, 0.15) is 38.7 Å². The largest absolute Gasteiger partial charge is 0.379 e. The van der Waals surface area contributed by atoms with Crippen LogP contribution in [-0.2, 0) is 14.8 Å². The molecule has 1 heterocycles. The summed E-state index contributed by atoms with van der Waals surface area (Å²) in [5.41, 5.74) is 4.09. The molecule has 172 valence electrons. The van der Waals surface area contributed by atoms with Gasteiger partial charge in [-0.25, -0.2) is 8.42 Å². The van der Waals surface area contributed by atoms with Crippen molar-refractivity contribution in [2.24, 2.45) is 0 Å². The van der Waals surface area contributed by atoms with Crippen LogP contribution in [0, 0.1) is 13.8 Å². The average Bonchev–Trinajstić information content (AvgIpc) is 2.84. The summed E-state index contributed by atoms with van der Waals surface area (Å²) >= 11 is 0. The first-order chi connectivity index (χ1) is 15.9. The van der Waals surface area contributed by atoms with Crippen molar-refractivity contribution in [1.29, 1.82) is 0 Å². The molecule has 0 saturated carbocycles. The van der Waals surface area contributed by atoms with Crippen molar-refractivity contribution in [3.8, 4) is 0 Å². The third-order valence-electron chi connectivity index (χ3n) is 5.88. The van der Waals surface area contributed by atoms with Gasteiger partial charge in [-0.3, -0.25) is 4.79 Å². The van der Waals surface area contributed by atoms with E-state index >= 15 is 0 Å². The second-order valence-electron chi connectivity index (χ2n) is 8.22. The SMILES string of the molecule is Cc1ccc([C@H](NC(=O)c2cc(S(=O)(=O)N3CCOCC3)ccc2C)c2ccccc2)cc1. The number of hydrogen-bond acceptors (Lipinski definition) is 4. The van der Waals surface area contributed by atoms with Crippen LogP contribution in [0.15, 0.2) is 77.7 Å². The second-order valence-corrected chi connectivity index (χ2v) is 10.2. The van der Waals surface area contributed by atoms with Crippen LogP contribution in [0.2, 0.25) is 0 Å². The van der Waals surface area contributed by atoms with E-state index in [4.69, 9.17) is 4.74 Å². The van der Waals surface area contributed by atoms with Crippen molar-refractivity contribution in [2.45, 2.75) is 24.8 Å². The van der Waals surface area contributed by atoms with Crippen LogP contribution >= 0.6 is 0 Å². The Labute approximate surface area is 195 Å². The van der Waals surface area contributed by atoms with Crippen LogP contribution < -0.4 is 5.32 Å². The van der Waals surface area contributed by atoms with Gasteiger partial charge in [-0.2, -0.15) is 4.31 Å². The molecular weight excluding hydrogens is 436 g/mol. The van der Waals surface area contributed by atoms with E-state index in [-0.39, 0.29) is 16.8 Å². The first-order valence-corrected chi connectivity index (χ1v) is 12.4. The lowest BCUT2D eigenvalue weighted by Crippen LogP contribution is -2.40. The molecule has 0 bridgehead atoms. The van der Waals surface area contributed by atoms with Crippen molar-refractivity contribution < 1.29 is 17.9 Å². The molecule has 4 rings (SSSR count). The van der Waals surface area contributed by atoms with E-state index in [0.717, 1.165) is 16.7 Å². The van der Waals surface area contributed by atoms with Crippen molar-refractivity contribution in [2.75, 3.05) is 26.3 Å². The fourth-order valence-corrected chi connectivity index (χ4v) is 5.35. The van der Waals surface area contributed by atoms with E-state index in [2.05, 4.69) is 5.32 Å². The molecule has 1 atom stereocenters. The van der Waals surface area contributed by atoms with Gasteiger partial charge >= 0.3 is 0 Å². The Morgan fingerprint density at radius 2 is 1.55 bits per heavy atom. The van der Waals surface area contributed by atoms with E-state index in [9.17, 15) is 13.2 Å². The summed E-state index contributed by atoms with van der Waals surface area (Å²) in [5.74, 6) is -0.319. The van der Waals surface area contributed by atoms with Gasteiger partial charge in [0.05, 0.1) is 24.2 Å². The number of nitrogens with one attached hydrogen (secondary N) is 1. The number of ether oxygens (including phenoxy) is 1. The summed E-state index contributed by atoms with van der Waals surface area (Å²) in [4.78, 5) is 13.5. The van der Waals surface area contributed by atoms with Crippen molar-refractivity contribution in [3.05, 3.63) is 101 Å². The monoisotopic (exact) mass is 464 g/mol. The maximum Gasteiger partial charge on any atom is 0.252 e. The molecule has 1 amide bonds. The molecule has 1 aliphatic heterocycles. The fraction of sp³-hybridized carbons (Fsp3) is 0.269. The number of carbonyl (C=O) groups excluding carboxylic acids is 1. The van der Waals surface area contributed by atoms with Crippen molar-refractivity contribution >= 4 is 15.9 Å². The van der Waals surface area contributed by atoms with Gasteiger partial charge in [0.2, 0.25) is 10.0 Å². The highest BCUT2D eigenvalue weighted by atomic mass is 32.2. The average molecular weight is 465 g/mol.